The molecule has 1 heterocycles. The topological polar surface area (TPSA) is 67.9 Å². The van der Waals surface area contributed by atoms with Gasteiger partial charge in [-0.2, -0.15) is 0 Å². The Kier molecular flexibility index (Phi) is 6.88. The van der Waals surface area contributed by atoms with Crippen molar-refractivity contribution in [3.8, 4) is 0 Å². The van der Waals surface area contributed by atoms with Gasteiger partial charge in [-0.1, -0.05) is 30.3 Å². The molecule has 0 bridgehead atoms. The Hall–Kier alpha value is -2.50. The average molecular weight is 374 g/mol. The van der Waals surface area contributed by atoms with E-state index in [9.17, 15) is 9.59 Å². The number of nitrogens with one attached hydrogen (secondary N) is 1. The summed E-state index contributed by atoms with van der Waals surface area (Å²) >= 11 is 0. The molecular formula is C21H30N2O4. The highest BCUT2D eigenvalue weighted by Gasteiger charge is 2.30. The predicted molar refractivity (Wildman–Crippen MR) is 104 cm³/mol. The van der Waals surface area contributed by atoms with Crippen LogP contribution < -0.4 is 5.32 Å². The van der Waals surface area contributed by atoms with Gasteiger partial charge in [0.05, 0.1) is 18.7 Å². The van der Waals surface area contributed by atoms with E-state index in [0.29, 0.717) is 37.4 Å². The van der Waals surface area contributed by atoms with E-state index in [1.165, 1.54) is 0 Å². The van der Waals surface area contributed by atoms with E-state index in [1.54, 1.807) is 11.8 Å². The number of carbonyl (C=O) groups excluding carboxylic acids is 2. The molecule has 1 aromatic carbocycles. The molecule has 0 saturated carbocycles. The van der Waals surface area contributed by atoms with Crippen molar-refractivity contribution >= 4 is 12.1 Å². The van der Waals surface area contributed by atoms with Gasteiger partial charge < -0.3 is 19.7 Å². The molecule has 0 saturated heterocycles. The van der Waals surface area contributed by atoms with Crippen molar-refractivity contribution in [2.75, 3.05) is 19.7 Å². The first-order chi connectivity index (χ1) is 12.7. The normalized spacial score (nSPS) is 16.0. The van der Waals surface area contributed by atoms with Crippen LogP contribution in [0.15, 0.2) is 41.6 Å². The van der Waals surface area contributed by atoms with Crippen molar-refractivity contribution in [1.29, 1.82) is 0 Å². The lowest BCUT2D eigenvalue weighted by atomic mass is 10.0. The van der Waals surface area contributed by atoms with Crippen LogP contribution in [0.3, 0.4) is 0 Å². The lowest BCUT2D eigenvalue weighted by molar-refractivity contribution is -0.150. The fourth-order valence-corrected chi connectivity index (χ4v) is 2.92. The van der Waals surface area contributed by atoms with E-state index < -0.39 is 5.60 Å². The summed E-state index contributed by atoms with van der Waals surface area (Å²) in [6, 6.07) is 9.95. The molecule has 1 atom stereocenters. The third-order valence-corrected chi connectivity index (χ3v) is 4.21. The van der Waals surface area contributed by atoms with E-state index >= 15 is 0 Å². The summed E-state index contributed by atoms with van der Waals surface area (Å²) in [5.41, 5.74) is 1.83. The maximum atomic E-state index is 12.7. The molecule has 6 heteroatoms. The minimum absolute atomic E-state index is 0.0132. The number of carbonyl (C=O) groups is 2. The van der Waals surface area contributed by atoms with Gasteiger partial charge in [-0.25, -0.2) is 9.59 Å². The summed E-state index contributed by atoms with van der Waals surface area (Å²) in [5.74, 6) is -0.339. The molecule has 6 nitrogen and oxygen atoms in total. The van der Waals surface area contributed by atoms with Gasteiger partial charge in [0.1, 0.15) is 5.60 Å². The van der Waals surface area contributed by atoms with Crippen LogP contribution in [0.5, 0.6) is 0 Å². The van der Waals surface area contributed by atoms with Crippen LogP contribution >= 0.6 is 0 Å². The standard InChI is InChI=1S/C21H30N2O4/c1-6-26-20(25)23-13-12-17(19(24)27-21(3,4)5)18(14-23)22-15(2)16-10-8-7-9-11-16/h7-11,15,22H,6,12-14H2,1-5H3. The van der Waals surface area contributed by atoms with Crippen LogP contribution in [0.2, 0.25) is 0 Å². The van der Waals surface area contributed by atoms with Crippen LogP contribution in [0.4, 0.5) is 4.79 Å². The molecule has 1 aliphatic heterocycles. The number of nitrogens with zero attached hydrogens (tertiary/aromatic N) is 1. The summed E-state index contributed by atoms with van der Waals surface area (Å²) in [4.78, 5) is 26.4. The van der Waals surface area contributed by atoms with Gasteiger partial charge in [-0.05, 0) is 46.6 Å². The van der Waals surface area contributed by atoms with Gasteiger partial charge in [0, 0.05) is 18.3 Å². The fraction of sp³-hybridized carbons (Fsp3) is 0.524. The summed E-state index contributed by atoms with van der Waals surface area (Å²) in [7, 11) is 0. The Bertz CT molecular complexity index is 692. The second kappa shape index (κ2) is 8.93. The maximum absolute atomic E-state index is 12.7. The zero-order valence-electron chi connectivity index (χ0n) is 16.9. The Morgan fingerprint density at radius 1 is 1.22 bits per heavy atom. The number of hydrogen-bond acceptors (Lipinski definition) is 5. The summed E-state index contributed by atoms with van der Waals surface area (Å²) in [6.07, 6.45) is 0.0600. The number of amides is 1. The molecule has 1 amide bonds. The van der Waals surface area contributed by atoms with Crippen LogP contribution in [-0.2, 0) is 14.3 Å². The van der Waals surface area contributed by atoms with Crippen molar-refractivity contribution in [3.05, 3.63) is 47.2 Å². The largest absolute Gasteiger partial charge is 0.457 e. The zero-order chi connectivity index (χ0) is 20.0. The van der Waals surface area contributed by atoms with Crippen molar-refractivity contribution in [3.63, 3.8) is 0 Å². The minimum atomic E-state index is -0.571. The number of rotatable bonds is 5. The second-order valence-electron chi connectivity index (χ2n) is 7.61. The van der Waals surface area contributed by atoms with Crippen LogP contribution in [0.25, 0.3) is 0 Å². The zero-order valence-corrected chi connectivity index (χ0v) is 16.9. The molecule has 148 valence electrons. The molecule has 27 heavy (non-hydrogen) atoms. The number of hydrogen-bond donors (Lipinski definition) is 1. The molecular weight excluding hydrogens is 344 g/mol. The first kappa shape index (κ1) is 20.8. The van der Waals surface area contributed by atoms with Crippen molar-refractivity contribution < 1.29 is 19.1 Å². The Labute approximate surface area is 161 Å². The van der Waals surface area contributed by atoms with Gasteiger partial charge in [0.2, 0.25) is 0 Å². The minimum Gasteiger partial charge on any atom is -0.457 e. The summed E-state index contributed by atoms with van der Waals surface area (Å²) < 4.78 is 10.7. The fourth-order valence-electron chi connectivity index (χ4n) is 2.92. The van der Waals surface area contributed by atoms with Crippen LogP contribution in [-0.4, -0.2) is 42.3 Å². The van der Waals surface area contributed by atoms with Crippen LogP contribution in [0.1, 0.15) is 52.6 Å². The molecule has 0 radical (unpaired) electrons. The van der Waals surface area contributed by atoms with E-state index in [-0.39, 0.29) is 18.1 Å². The maximum Gasteiger partial charge on any atom is 0.410 e. The Morgan fingerprint density at radius 3 is 2.48 bits per heavy atom. The lowest BCUT2D eigenvalue weighted by Crippen LogP contribution is -2.43. The van der Waals surface area contributed by atoms with Crippen molar-refractivity contribution in [2.45, 2.75) is 52.7 Å². The molecule has 1 aliphatic rings. The monoisotopic (exact) mass is 374 g/mol. The van der Waals surface area contributed by atoms with Gasteiger partial charge in [-0.3, -0.25) is 0 Å². The predicted octanol–water partition coefficient (Wildman–Crippen LogP) is 3.80. The number of esters is 1. The highest BCUT2D eigenvalue weighted by molar-refractivity contribution is 5.90. The van der Waals surface area contributed by atoms with E-state index in [2.05, 4.69) is 5.32 Å². The lowest BCUT2D eigenvalue weighted by Gasteiger charge is -2.32. The first-order valence-electron chi connectivity index (χ1n) is 9.39. The van der Waals surface area contributed by atoms with Crippen molar-refractivity contribution in [1.82, 2.24) is 10.2 Å². The van der Waals surface area contributed by atoms with E-state index in [1.807, 2.05) is 58.0 Å². The quantitative estimate of drug-likeness (QED) is 0.794. The SMILES string of the molecule is CCOC(=O)N1CCC(C(=O)OC(C)(C)C)=C(NC(C)c2ccccc2)C1. The van der Waals surface area contributed by atoms with Gasteiger partial charge in [-0.15, -0.1) is 0 Å². The molecule has 1 N–H and O–H groups in total. The highest BCUT2D eigenvalue weighted by atomic mass is 16.6. The smallest absolute Gasteiger partial charge is 0.410 e. The summed E-state index contributed by atoms with van der Waals surface area (Å²) in [5, 5.41) is 3.41. The molecule has 0 aromatic heterocycles. The molecule has 2 rings (SSSR count). The van der Waals surface area contributed by atoms with Crippen molar-refractivity contribution in [2.24, 2.45) is 0 Å². The van der Waals surface area contributed by atoms with E-state index in [4.69, 9.17) is 9.47 Å². The third-order valence-electron chi connectivity index (χ3n) is 4.21. The number of ether oxygens (including phenoxy) is 2. The van der Waals surface area contributed by atoms with E-state index in [0.717, 1.165) is 5.56 Å². The third kappa shape index (κ3) is 6.01. The molecule has 0 fully saturated rings. The highest BCUT2D eigenvalue weighted by Crippen LogP contribution is 2.24. The van der Waals surface area contributed by atoms with Crippen LogP contribution in [0, 0.1) is 0 Å². The second-order valence-corrected chi connectivity index (χ2v) is 7.61. The van der Waals surface area contributed by atoms with Gasteiger partial charge >= 0.3 is 12.1 Å². The molecule has 0 spiro atoms. The Balaban J connectivity index is 2.25. The Morgan fingerprint density at radius 2 is 1.89 bits per heavy atom. The van der Waals surface area contributed by atoms with Gasteiger partial charge in [0.15, 0.2) is 0 Å². The first-order valence-corrected chi connectivity index (χ1v) is 9.39. The summed E-state index contributed by atoms with van der Waals surface area (Å²) in [6.45, 7) is 10.4. The average Bonchev–Trinajstić information content (AvgIpc) is 2.61. The molecule has 1 aromatic rings. The number of benzene rings is 1. The van der Waals surface area contributed by atoms with Gasteiger partial charge in [0.25, 0.3) is 0 Å². The molecule has 0 aliphatic carbocycles. The molecule has 1 unspecified atom stereocenters.